The maximum absolute atomic E-state index is 12.2. The van der Waals surface area contributed by atoms with Gasteiger partial charge in [0.25, 0.3) is 5.91 Å². The zero-order valence-electron chi connectivity index (χ0n) is 11.3. The number of carbonyl (C=O) groups excluding carboxylic acids is 1. The summed E-state index contributed by atoms with van der Waals surface area (Å²) in [5.74, 6) is -0.0764. The third-order valence-corrected chi connectivity index (χ3v) is 2.82. The van der Waals surface area contributed by atoms with Gasteiger partial charge in [-0.3, -0.25) is 9.48 Å². The van der Waals surface area contributed by atoms with Crippen LogP contribution >= 0.6 is 0 Å². The summed E-state index contributed by atoms with van der Waals surface area (Å²) in [4.78, 5) is 12.2. The smallest absolute Gasteiger partial charge is 0.260 e. The van der Waals surface area contributed by atoms with Gasteiger partial charge in [0.1, 0.15) is 0 Å². The molecule has 0 atom stereocenters. The lowest BCUT2D eigenvalue weighted by molar-refractivity contribution is 0.102. The third kappa shape index (κ3) is 2.57. The number of aromatic hydroxyl groups is 1. The number of aryl methyl sites for hydroxylation is 1. The number of aromatic nitrogens is 2. The molecule has 0 aliphatic rings. The van der Waals surface area contributed by atoms with Crippen molar-refractivity contribution in [1.29, 1.82) is 0 Å². The van der Waals surface area contributed by atoms with Gasteiger partial charge >= 0.3 is 0 Å². The fraction of sp³-hybridized carbons (Fsp3) is 0.231. The van der Waals surface area contributed by atoms with Crippen LogP contribution in [-0.4, -0.2) is 27.9 Å². The van der Waals surface area contributed by atoms with Gasteiger partial charge in [-0.05, 0) is 12.1 Å². The van der Waals surface area contributed by atoms with Crippen molar-refractivity contribution in [2.75, 3.05) is 12.4 Å². The molecule has 0 aliphatic carbocycles. The van der Waals surface area contributed by atoms with Crippen LogP contribution in [0.5, 0.6) is 11.5 Å². The van der Waals surface area contributed by atoms with E-state index in [1.807, 2.05) is 0 Å². The first-order chi connectivity index (χ1) is 9.56. The molecule has 1 aromatic carbocycles. The average Bonchev–Trinajstić information content (AvgIpc) is 2.78. The number of hydrogen-bond donors (Lipinski definition) is 3. The van der Waals surface area contributed by atoms with E-state index in [0.29, 0.717) is 11.4 Å². The van der Waals surface area contributed by atoms with Crippen LogP contribution in [0.3, 0.4) is 0 Å². The van der Waals surface area contributed by atoms with Gasteiger partial charge in [-0.1, -0.05) is 6.07 Å². The van der Waals surface area contributed by atoms with Crippen LogP contribution < -0.4 is 15.8 Å². The molecule has 2 rings (SSSR count). The van der Waals surface area contributed by atoms with E-state index in [1.54, 1.807) is 30.1 Å². The van der Waals surface area contributed by atoms with Crippen molar-refractivity contribution in [1.82, 2.24) is 9.78 Å². The number of ether oxygens (including phenoxy) is 1. The van der Waals surface area contributed by atoms with Gasteiger partial charge in [0.15, 0.2) is 17.3 Å². The molecule has 0 spiro atoms. The van der Waals surface area contributed by atoms with Gasteiger partial charge < -0.3 is 20.9 Å². The number of nitrogens with zero attached hydrogens (tertiary/aromatic N) is 2. The highest BCUT2D eigenvalue weighted by molar-refractivity contribution is 6.06. The number of para-hydroxylation sites is 1. The van der Waals surface area contributed by atoms with Crippen molar-refractivity contribution < 1.29 is 14.6 Å². The molecular weight excluding hydrogens is 260 g/mol. The van der Waals surface area contributed by atoms with Gasteiger partial charge in [0.05, 0.1) is 12.7 Å². The van der Waals surface area contributed by atoms with E-state index in [1.165, 1.54) is 13.2 Å². The Morgan fingerprint density at radius 3 is 2.95 bits per heavy atom. The molecule has 7 heteroatoms. The first-order valence-electron chi connectivity index (χ1n) is 5.96. The SMILES string of the molecule is COc1cccc(C(=O)Nc2nn(C)cc2CN)c1O. The summed E-state index contributed by atoms with van der Waals surface area (Å²) in [5.41, 5.74) is 6.40. The Labute approximate surface area is 116 Å². The fourth-order valence-electron chi connectivity index (χ4n) is 1.84. The van der Waals surface area contributed by atoms with Crippen LogP contribution in [0.15, 0.2) is 24.4 Å². The molecule has 0 saturated heterocycles. The monoisotopic (exact) mass is 276 g/mol. The Bertz CT molecular complexity index is 637. The molecule has 0 saturated carbocycles. The lowest BCUT2D eigenvalue weighted by Crippen LogP contribution is -2.14. The summed E-state index contributed by atoms with van der Waals surface area (Å²) in [6, 6.07) is 4.69. The minimum atomic E-state index is -0.477. The predicted octanol–water partition coefficient (Wildman–Crippen LogP) is 0.845. The lowest BCUT2D eigenvalue weighted by Gasteiger charge is -2.08. The number of rotatable bonds is 4. The lowest BCUT2D eigenvalue weighted by atomic mass is 10.1. The molecule has 106 valence electrons. The third-order valence-electron chi connectivity index (χ3n) is 2.82. The van der Waals surface area contributed by atoms with Gasteiger partial charge in [0, 0.05) is 25.4 Å². The van der Waals surface area contributed by atoms with Gasteiger partial charge in [-0.15, -0.1) is 0 Å². The second kappa shape index (κ2) is 5.62. The number of phenolic OH excluding ortho intramolecular Hbond substituents is 1. The number of nitrogens with two attached hydrogens (primary N) is 1. The Kier molecular flexibility index (Phi) is 3.90. The zero-order valence-corrected chi connectivity index (χ0v) is 11.3. The summed E-state index contributed by atoms with van der Waals surface area (Å²) in [6.45, 7) is 0.257. The van der Waals surface area contributed by atoms with Crippen LogP contribution in [0, 0.1) is 0 Å². The largest absolute Gasteiger partial charge is 0.504 e. The Balaban J connectivity index is 2.28. The molecule has 0 fully saturated rings. The average molecular weight is 276 g/mol. The minimum Gasteiger partial charge on any atom is -0.504 e. The zero-order chi connectivity index (χ0) is 14.7. The second-order valence-corrected chi connectivity index (χ2v) is 4.19. The summed E-state index contributed by atoms with van der Waals surface area (Å²) in [6.07, 6.45) is 1.72. The van der Waals surface area contributed by atoms with E-state index < -0.39 is 5.91 Å². The summed E-state index contributed by atoms with van der Waals surface area (Å²) in [7, 11) is 3.15. The van der Waals surface area contributed by atoms with Crippen LogP contribution in [0.4, 0.5) is 5.82 Å². The molecule has 1 aromatic heterocycles. The molecule has 20 heavy (non-hydrogen) atoms. The highest BCUT2D eigenvalue weighted by atomic mass is 16.5. The molecule has 0 bridgehead atoms. The summed E-state index contributed by atoms with van der Waals surface area (Å²) < 4.78 is 6.52. The van der Waals surface area contributed by atoms with E-state index in [0.717, 1.165) is 0 Å². The number of nitrogens with one attached hydrogen (secondary N) is 1. The highest BCUT2D eigenvalue weighted by Crippen LogP contribution is 2.29. The molecule has 0 radical (unpaired) electrons. The first-order valence-corrected chi connectivity index (χ1v) is 5.96. The van der Waals surface area contributed by atoms with Crippen LogP contribution in [-0.2, 0) is 13.6 Å². The number of phenols is 1. The van der Waals surface area contributed by atoms with E-state index in [-0.39, 0.29) is 23.6 Å². The van der Waals surface area contributed by atoms with E-state index in [4.69, 9.17) is 10.5 Å². The predicted molar refractivity (Wildman–Crippen MR) is 73.7 cm³/mol. The van der Waals surface area contributed by atoms with Crippen molar-refractivity contribution >= 4 is 11.7 Å². The van der Waals surface area contributed by atoms with Gasteiger partial charge in [0.2, 0.25) is 0 Å². The standard InChI is InChI=1S/C13H16N4O3/c1-17-7-8(6-14)12(16-17)15-13(19)9-4-3-5-10(20-2)11(9)18/h3-5,7,18H,6,14H2,1-2H3,(H,15,16,19). The van der Waals surface area contributed by atoms with Crippen LogP contribution in [0.2, 0.25) is 0 Å². The normalized spacial score (nSPS) is 10.3. The molecule has 1 heterocycles. The molecule has 7 nitrogen and oxygen atoms in total. The number of amides is 1. The number of methoxy groups -OCH3 is 1. The Morgan fingerprint density at radius 2 is 2.30 bits per heavy atom. The number of anilines is 1. The molecule has 4 N–H and O–H groups in total. The minimum absolute atomic E-state index is 0.109. The quantitative estimate of drug-likeness (QED) is 0.768. The van der Waals surface area contributed by atoms with Crippen molar-refractivity contribution in [2.45, 2.75) is 6.54 Å². The Hall–Kier alpha value is -2.54. The first kappa shape index (κ1) is 13.9. The van der Waals surface area contributed by atoms with Crippen LogP contribution in [0.25, 0.3) is 0 Å². The number of carbonyl (C=O) groups is 1. The van der Waals surface area contributed by atoms with Crippen molar-refractivity contribution in [2.24, 2.45) is 12.8 Å². The van der Waals surface area contributed by atoms with Crippen LogP contribution in [0.1, 0.15) is 15.9 Å². The molecule has 2 aromatic rings. The number of hydrogen-bond acceptors (Lipinski definition) is 5. The molecule has 0 aliphatic heterocycles. The Morgan fingerprint density at radius 1 is 1.55 bits per heavy atom. The highest BCUT2D eigenvalue weighted by Gasteiger charge is 2.17. The molecule has 1 amide bonds. The number of benzene rings is 1. The van der Waals surface area contributed by atoms with E-state index in [9.17, 15) is 9.90 Å². The van der Waals surface area contributed by atoms with Crippen molar-refractivity contribution in [3.05, 3.63) is 35.5 Å². The van der Waals surface area contributed by atoms with Crippen molar-refractivity contribution in [3.8, 4) is 11.5 Å². The molecular formula is C13H16N4O3. The van der Waals surface area contributed by atoms with Crippen molar-refractivity contribution in [3.63, 3.8) is 0 Å². The summed E-state index contributed by atoms with van der Waals surface area (Å²) >= 11 is 0. The second-order valence-electron chi connectivity index (χ2n) is 4.19. The van der Waals surface area contributed by atoms with E-state index >= 15 is 0 Å². The molecule has 0 unspecified atom stereocenters. The topological polar surface area (TPSA) is 102 Å². The maximum atomic E-state index is 12.2. The fourth-order valence-corrected chi connectivity index (χ4v) is 1.84. The van der Waals surface area contributed by atoms with Gasteiger partial charge in [-0.25, -0.2) is 0 Å². The summed E-state index contributed by atoms with van der Waals surface area (Å²) in [5, 5.41) is 16.7. The van der Waals surface area contributed by atoms with Gasteiger partial charge in [-0.2, -0.15) is 5.10 Å². The van der Waals surface area contributed by atoms with E-state index in [2.05, 4.69) is 10.4 Å². The maximum Gasteiger partial charge on any atom is 0.260 e.